The molecule has 9 nitrogen and oxygen atoms in total. The molecule has 2 aromatic carbocycles. The predicted octanol–water partition coefficient (Wildman–Crippen LogP) is 6.68. The van der Waals surface area contributed by atoms with Gasteiger partial charge in [-0.3, -0.25) is 14.0 Å². The summed E-state index contributed by atoms with van der Waals surface area (Å²) in [4.78, 5) is 51.0. The van der Waals surface area contributed by atoms with Crippen molar-refractivity contribution in [3.63, 3.8) is 0 Å². The summed E-state index contributed by atoms with van der Waals surface area (Å²) in [6, 6.07) is 13.5. The molecule has 47 heavy (non-hydrogen) atoms. The Labute approximate surface area is 288 Å². The third-order valence-electron chi connectivity index (χ3n) is 9.81. The van der Waals surface area contributed by atoms with Gasteiger partial charge in [0.2, 0.25) is 5.91 Å². The smallest absolute Gasteiger partial charge is 0.404 e. The first-order chi connectivity index (χ1) is 22.3. The molecule has 2 aromatic rings. The average molecular weight is 703 g/mol. The van der Waals surface area contributed by atoms with Crippen LogP contribution in [0.4, 0.5) is 9.18 Å². The van der Waals surface area contributed by atoms with Crippen molar-refractivity contribution in [3.8, 4) is 0 Å². The molecule has 6 atom stereocenters. The Hall–Kier alpha value is -3.28. The average Bonchev–Trinajstić information content (AvgIpc) is 3.77. The Balaban J connectivity index is 1.35. The normalized spacial score (nSPS) is 28.7. The second kappa shape index (κ2) is 13.0. The van der Waals surface area contributed by atoms with Crippen molar-refractivity contribution in [2.75, 3.05) is 19.8 Å². The minimum atomic E-state index is -1.26. The summed E-state index contributed by atoms with van der Waals surface area (Å²) < 4.78 is 13.8. The Morgan fingerprint density at radius 2 is 1.70 bits per heavy atom. The van der Waals surface area contributed by atoms with Crippen molar-refractivity contribution < 1.29 is 23.9 Å². The topological polar surface area (TPSA) is 106 Å². The zero-order valence-corrected chi connectivity index (χ0v) is 28.9. The van der Waals surface area contributed by atoms with E-state index in [4.69, 9.17) is 28.2 Å². The van der Waals surface area contributed by atoms with Crippen LogP contribution in [0.15, 0.2) is 64.1 Å². The number of benzene rings is 2. The quantitative estimate of drug-likeness (QED) is 0.334. The van der Waals surface area contributed by atoms with Crippen LogP contribution in [0.5, 0.6) is 0 Å². The van der Waals surface area contributed by atoms with E-state index in [9.17, 15) is 23.9 Å². The molecule has 2 N–H and O–H groups in total. The minimum Gasteiger partial charge on any atom is -0.465 e. The van der Waals surface area contributed by atoms with Crippen LogP contribution < -0.4 is 5.32 Å². The number of aliphatic imine (C=N–C) groups is 1. The number of amidine groups is 1. The van der Waals surface area contributed by atoms with Gasteiger partial charge in [-0.1, -0.05) is 61.3 Å². The summed E-state index contributed by atoms with van der Waals surface area (Å²) >= 11 is 13.9. The highest BCUT2D eigenvalue weighted by molar-refractivity contribution is 8.18. The number of allylic oxidation sites excluding steroid dienone is 1. The van der Waals surface area contributed by atoms with Gasteiger partial charge in [0.25, 0.3) is 5.91 Å². The minimum absolute atomic E-state index is 0.0599. The molecule has 0 unspecified atom stereocenters. The van der Waals surface area contributed by atoms with Gasteiger partial charge in [0.15, 0.2) is 5.17 Å². The lowest BCUT2D eigenvalue weighted by atomic mass is 9.81. The van der Waals surface area contributed by atoms with Gasteiger partial charge in [0, 0.05) is 40.8 Å². The molecule has 0 bridgehead atoms. The third-order valence-corrected chi connectivity index (χ3v) is 11.4. The first-order valence-corrected chi connectivity index (χ1v) is 17.4. The number of carbonyl (C=O) groups excluding carboxylic acids is 2. The second-order valence-electron chi connectivity index (χ2n) is 13.2. The van der Waals surface area contributed by atoms with Crippen molar-refractivity contribution >= 4 is 58.0 Å². The number of hydrogen-bond acceptors (Lipinski definition) is 6. The summed E-state index contributed by atoms with van der Waals surface area (Å²) in [6.07, 6.45) is -0.143. The predicted molar refractivity (Wildman–Crippen MR) is 182 cm³/mol. The van der Waals surface area contributed by atoms with Crippen LogP contribution in [0.25, 0.3) is 0 Å². The Morgan fingerprint density at radius 1 is 1.06 bits per heavy atom. The number of carboxylic acid groups (broad SMARTS) is 1. The van der Waals surface area contributed by atoms with Gasteiger partial charge < -0.3 is 25.1 Å². The van der Waals surface area contributed by atoms with Crippen LogP contribution in [0, 0.1) is 11.8 Å². The van der Waals surface area contributed by atoms with Crippen LogP contribution in [0.1, 0.15) is 57.7 Å². The molecule has 4 heterocycles. The summed E-state index contributed by atoms with van der Waals surface area (Å²) in [7, 11) is 0. The number of carbonyl (C=O) groups is 3. The number of rotatable bonds is 7. The van der Waals surface area contributed by atoms with E-state index in [-0.39, 0.29) is 42.9 Å². The Bertz CT molecular complexity index is 1640. The van der Waals surface area contributed by atoms with Crippen molar-refractivity contribution in [1.29, 1.82) is 0 Å². The van der Waals surface area contributed by atoms with E-state index >= 15 is 0 Å². The standard InChI is InChI=1S/C34H38Cl2FN5O4S/c1-18(2)27-28(31(44)41-19(3)5-14-26(41)30(43)40-16-21(15-37)25(17-40)38-33(45)46)47-32-39-34(4,22-8-12-24(36)13-9-22)29(42(27)32)20-6-10-23(35)11-7-20/h6-13,18-19,21,25-26,29,38H,5,14-17H2,1-4H3,(H,45,46)/t19-,21+,25+,26+,29-,34+/m1/s1. The van der Waals surface area contributed by atoms with Gasteiger partial charge in [-0.25, -0.2) is 9.79 Å². The number of fused-ring (bicyclic) bond motifs is 1. The molecular weight excluding hydrogens is 664 g/mol. The van der Waals surface area contributed by atoms with Crippen molar-refractivity contribution in [3.05, 3.63) is 80.3 Å². The summed E-state index contributed by atoms with van der Waals surface area (Å²) in [5.74, 6) is -1.21. The molecule has 2 fully saturated rings. The fraction of sp³-hybridized carbons (Fsp3) is 0.471. The molecule has 2 saturated heterocycles. The first kappa shape index (κ1) is 33.6. The van der Waals surface area contributed by atoms with Crippen molar-refractivity contribution in [2.45, 2.75) is 70.2 Å². The van der Waals surface area contributed by atoms with E-state index in [1.807, 2.05) is 55.5 Å². The van der Waals surface area contributed by atoms with Crippen molar-refractivity contribution in [1.82, 2.24) is 20.0 Å². The van der Waals surface area contributed by atoms with E-state index in [1.54, 1.807) is 4.90 Å². The highest BCUT2D eigenvalue weighted by Gasteiger charge is 2.54. The molecule has 4 aliphatic heterocycles. The number of likely N-dealkylation sites (tertiary alicyclic amines) is 2. The van der Waals surface area contributed by atoms with Crippen LogP contribution in [0.2, 0.25) is 10.0 Å². The first-order valence-electron chi connectivity index (χ1n) is 15.8. The molecule has 250 valence electrons. The monoisotopic (exact) mass is 701 g/mol. The van der Waals surface area contributed by atoms with E-state index in [0.717, 1.165) is 16.8 Å². The van der Waals surface area contributed by atoms with Crippen LogP contribution >= 0.6 is 35.0 Å². The number of nitrogens with one attached hydrogen (secondary N) is 1. The molecular formula is C34H38Cl2FN5O4S. The van der Waals surface area contributed by atoms with Gasteiger partial charge in [-0.2, -0.15) is 0 Å². The maximum absolute atomic E-state index is 14.6. The fourth-order valence-corrected chi connectivity index (χ4v) is 9.09. The zero-order chi connectivity index (χ0) is 33.8. The number of amides is 3. The molecule has 6 rings (SSSR count). The molecule has 4 aliphatic rings. The van der Waals surface area contributed by atoms with Gasteiger partial charge in [-0.15, -0.1) is 0 Å². The molecule has 13 heteroatoms. The molecule has 0 radical (unpaired) electrons. The van der Waals surface area contributed by atoms with Crippen molar-refractivity contribution in [2.24, 2.45) is 16.8 Å². The molecule has 0 saturated carbocycles. The number of nitrogens with zero attached hydrogens (tertiary/aromatic N) is 4. The number of alkyl halides is 1. The van der Waals surface area contributed by atoms with Gasteiger partial charge in [0.1, 0.15) is 16.5 Å². The second-order valence-corrected chi connectivity index (χ2v) is 15.1. The highest BCUT2D eigenvalue weighted by atomic mass is 35.5. The highest BCUT2D eigenvalue weighted by Crippen LogP contribution is 2.56. The van der Waals surface area contributed by atoms with E-state index in [0.29, 0.717) is 33.0 Å². The Morgan fingerprint density at radius 3 is 2.30 bits per heavy atom. The van der Waals surface area contributed by atoms with Gasteiger partial charge in [-0.05, 0) is 79.8 Å². The Kier molecular flexibility index (Phi) is 9.28. The van der Waals surface area contributed by atoms with Crippen LogP contribution in [-0.2, 0) is 15.1 Å². The lowest BCUT2D eigenvalue weighted by molar-refractivity contribution is -0.142. The molecule has 0 aliphatic carbocycles. The maximum Gasteiger partial charge on any atom is 0.404 e. The maximum atomic E-state index is 14.6. The molecule has 0 spiro atoms. The number of halogens is 3. The van der Waals surface area contributed by atoms with E-state index < -0.39 is 36.3 Å². The van der Waals surface area contributed by atoms with Crippen LogP contribution in [-0.4, -0.2) is 80.8 Å². The lowest BCUT2D eigenvalue weighted by Crippen LogP contribution is -2.50. The summed E-state index contributed by atoms with van der Waals surface area (Å²) in [6.45, 7) is 7.55. The zero-order valence-electron chi connectivity index (χ0n) is 26.6. The van der Waals surface area contributed by atoms with E-state index in [2.05, 4.69) is 31.0 Å². The SMILES string of the molecule is CC(C)C1=C(C(=O)N2[C@H](C)CC[C@H]2C(=O)N2C[C@H](CF)[C@@H](NC(=O)O)C2)SC2=N[C@@](C)(c3ccc(Cl)cc3)[C@@H](c3ccc(Cl)cc3)N21. The summed E-state index contributed by atoms with van der Waals surface area (Å²) in [5, 5.41) is 13.5. The number of hydrogen-bond donors (Lipinski definition) is 2. The number of thioether (sulfide) groups is 1. The summed E-state index contributed by atoms with van der Waals surface area (Å²) in [5.41, 5.74) is 2.10. The molecule has 0 aromatic heterocycles. The largest absolute Gasteiger partial charge is 0.465 e. The van der Waals surface area contributed by atoms with Gasteiger partial charge >= 0.3 is 6.09 Å². The van der Waals surface area contributed by atoms with Gasteiger partial charge in [0.05, 0.1) is 18.8 Å². The van der Waals surface area contributed by atoms with Crippen LogP contribution in [0.3, 0.4) is 0 Å². The molecule has 3 amide bonds. The third kappa shape index (κ3) is 5.99. The van der Waals surface area contributed by atoms with E-state index in [1.165, 1.54) is 16.7 Å². The fourth-order valence-electron chi connectivity index (χ4n) is 7.49. The lowest BCUT2D eigenvalue weighted by Gasteiger charge is -2.37.